The number of hydrogen-bond acceptors (Lipinski definition) is 5. The van der Waals surface area contributed by atoms with Crippen molar-refractivity contribution in [3.8, 4) is 11.5 Å². The molecular weight excluding hydrogens is 422 g/mol. The van der Waals surface area contributed by atoms with Crippen LogP contribution < -0.4 is 10.6 Å². The fourth-order valence-corrected chi connectivity index (χ4v) is 3.86. The lowest BCUT2D eigenvalue weighted by Gasteiger charge is -2.08. The molecule has 5 rings (SSSR count). The van der Waals surface area contributed by atoms with Gasteiger partial charge in [-0.3, -0.25) is 10.1 Å². The van der Waals surface area contributed by atoms with Crippen molar-refractivity contribution in [3.05, 3.63) is 83.6 Å². The van der Waals surface area contributed by atoms with Crippen molar-refractivity contribution in [1.82, 2.24) is 10.3 Å². The van der Waals surface area contributed by atoms with Crippen LogP contribution in [0.4, 0.5) is 5.69 Å². The first-order valence-electron chi connectivity index (χ1n) is 10.1. The van der Waals surface area contributed by atoms with Crippen LogP contribution in [0.1, 0.15) is 21.7 Å². The highest BCUT2D eigenvalue weighted by molar-refractivity contribution is 7.80. The molecule has 0 fully saturated rings. The van der Waals surface area contributed by atoms with Gasteiger partial charge in [-0.2, -0.15) is 0 Å². The molecule has 7 heteroatoms. The van der Waals surface area contributed by atoms with Gasteiger partial charge >= 0.3 is 0 Å². The number of furan rings is 1. The molecule has 5 aromatic rings. The second-order valence-electron chi connectivity index (χ2n) is 7.48. The van der Waals surface area contributed by atoms with Gasteiger partial charge in [0, 0.05) is 22.2 Å². The van der Waals surface area contributed by atoms with E-state index < -0.39 is 5.91 Å². The summed E-state index contributed by atoms with van der Waals surface area (Å²) in [5.41, 5.74) is 5.51. The van der Waals surface area contributed by atoms with Crippen LogP contribution in [0.3, 0.4) is 0 Å². The second-order valence-corrected chi connectivity index (χ2v) is 7.89. The second kappa shape index (κ2) is 7.94. The topological polar surface area (TPSA) is 80.3 Å². The van der Waals surface area contributed by atoms with E-state index in [1.54, 1.807) is 0 Å². The standard InChI is InChI=1S/C25H19N3O3S/c1-14-7-3-4-8-17(14)24-27-19-13-16(11-12-21(19)31-24)26-25(32)28-23(29)22-15(2)18-9-5-6-10-20(18)30-22/h3-13H,1-2H3,(H2,26,28,29,32). The number of fused-ring (bicyclic) bond motifs is 2. The van der Waals surface area contributed by atoms with Crippen LogP contribution in [0.2, 0.25) is 0 Å². The molecule has 0 atom stereocenters. The summed E-state index contributed by atoms with van der Waals surface area (Å²) >= 11 is 5.33. The molecule has 0 unspecified atom stereocenters. The molecule has 0 bridgehead atoms. The molecule has 1 amide bonds. The number of aromatic nitrogens is 1. The Morgan fingerprint density at radius 2 is 1.72 bits per heavy atom. The smallest absolute Gasteiger partial charge is 0.293 e. The number of nitrogens with zero attached hydrogens (tertiary/aromatic N) is 1. The van der Waals surface area contributed by atoms with E-state index in [1.165, 1.54) is 0 Å². The minimum Gasteiger partial charge on any atom is -0.451 e. The van der Waals surface area contributed by atoms with Crippen LogP contribution in [-0.4, -0.2) is 16.0 Å². The highest BCUT2D eigenvalue weighted by atomic mass is 32.1. The van der Waals surface area contributed by atoms with Crippen molar-refractivity contribution in [2.24, 2.45) is 0 Å². The molecule has 2 aromatic heterocycles. The van der Waals surface area contributed by atoms with Crippen molar-refractivity contribution in [2.75, 3.05) is 5.32 Å². The van der Waals surface area contributed by atoms with Gasteiger partial charge in [0.25, 0.3) is 5.91 Å². The number of amides is 1. The van der Waals surface area contributed by atoms with Crippen molar-refractivity contribution in [2.45, 2.75) is 13.8 Å². The van der Waals surface area contributed by atoms with Crippen LogP contribution in [0, 0.1) is 13.8 Å². The molecule has 0 saturated carbocycles. The first-order valence-corrected chi connectivity index (χ1v) is 10.5. The maximum Gasteiger partial charge on any atom is 0.293 e. The molecular formula is C25H19N3O3S. The van der Waals surface area contributed by atoms with E-state index in [9.17, 15) is 4.79 Å². The summed E-state index contributed by atoms with van der Waals surface area (Å²) in [5, 5.41) is 6.77. The van der Waals surface area contributed by atoms with Crippen LogP contribution >= 0.6 is 12.2 Å². The molecule has 0 aliphatic heterocycles. The monoisotopic (exact) mass is 441 g/mol. The SMILES string of the molecule is Cc1ccccc1-c1nc2cc(NC(=S)NC(=O)c3oc4ccccc4c3C)ccc2o1. The fraction of sp³-hybridized carbons (Fsp3) is 0.0800. The number of carbonyl (C=O) groups excluding carboxylic acids is 1. The summed E-state index contributed by atoms with van der Waals surface area (Å²) in [5.74, 6) is 0.400. The number of oxazole rings is 1. The third-order valence-corrected chi connectivity index (χ3v) is 5.50. The summed E-state index contributed by atoms with van der Waals surface area (Å²) in [6.07, 6.45) is 0. The molecule has 6 nitrogen and oxygen atoms in total. The Bertz CT molecular complexity index is 1500. The zero-order chi connectivity index (χ0) is 22.2. The molecule has 0 aliphatic carbocycles. The molecule has 0 aliphatic rings. The quantitative estimate of drug-likeness (QED) is 0.335. The number of para-hydroxylation sites is 1. The third kappa shape index (κ3) is 3.63. The molecule has 3 aromatic carbocycles. The van der Waals surface area contributed by atoms with Gasteiger partial charge in [0.2, 0.25) is 5.89 Å². The Morgan fingerprint density at radius 1 is 0.938 bits per heavy atom. The predicted molar refractivity (Wildman–Crippen MR) is 129 cm³/mol. The number of anilines is 1. The van der Waals surface area contributed by atoms with Crippen molar-refractivity contribution >= 4 is 51.0 Å². The third-order valence-electron chi connectivity index (χ3n) is 5.30. The number of thiocarbonyl (C=S) groups is 1. The van der Waals surface area contributed by atoms with E-state index in [1.807, 2.05) is 80.6 Å². The summed E-state index contributed by atoms with van der Waals surface area (Å²) in [7, 11) is 0. The molecule has 158 valence electrons. The zero-order valence-electron chi connectivity index (χ0n) is 17.4. The molecule has 32 heavy (non-hydrogen) atoms. The van der Waals surface area contributed by atoms with E-state index in [0.717, 1.165) is 22.1 Å². The highest BCUT2D eigenvalue weighted by Crippen LogP contribution is 2.28. The van der Waals surface area contributed by atoms with E-state index >= 15 is 0 Å². The van der Waals surface area contributed by atoms with Gasteiger partial charge < -0.3 is 14.2 Å². The fourth-order valence-electron chi connectivity index (χ4n) is 3.65. The maximum atomic E-state index is 12.7. The largest absolute Gasteiger partial charge is 0.451 e. The predicted octanol–water partition coefficient (Wildman–Crippen LogP) is 5.98. The van der Waals surface area contributed by atoms with Crippen molar-refractivity contribution in [3.63, 3.8) is 0 Å². The Morgan fingerprint density at radius 3 is 2.53 bits per heavy atom. The summed E-state index contributed by atoms with van der Waals surface area (Å²) < 4.78 is 11.6. The first-order chi connectivity index (χ1) is 15.5. The van der Waals surface area contributed by atoms with E-state index in [2.05, 4.69) is 15.6 Å². The summed E-state index contributed by atoms with van der Waals surface area (Å²) in [4.78, 5) is 17.3. The average Bonchev–Trinajstić information content (AvgIpc) is 3.35. The number of nitrogens with one attached hydrogen (secondary N) is 2. The Balaban J connectivity index is 1.33. The molecule has 0 saturated heterocycles. The zero-order valence-corrected chi connectivity index (χ0v) is 18.2. The van der Waals surface area contributed by atoms with E-state index in [0.29, 0.717) is 28.3 Å². The lowest BCUT2D eigenvalue weighted by Crippen LogP contribution is -2.34. The van der Waals surface area contributed by atoms with Gasteiger partial charge in [0.05, 0.1) is 0 Å². The first kappa shape index (κ1) is 20.0. The van der Waals surface area contributed by atoms with Crippen LogP contribution in [0.25, 0.3) is 33.5 Å². The summed E-state index contributed by atoms with van der Waals surface area (Å²) in [6, 6.07) is 20.9. The van der Waals surface area contributed by atoms with Gasteiger partial charge in [0.15, 0.2) is 16.5 Å². The van der Waals surface area contributed by atoms with Crippen molar-refractivity contribution < 1.29 is 13.6 Å². The van der Waals surface area contributed by atoms with Gasteiger partial charge in [-0.15, -0.1) is 0 Å². The number of rotatable bonds is 3. The Labute approximate surface area is 189 Å². The Hall–Kier alpha value is -3.97. The number of carbonyl (C=O) groups is 1. The normalized spacial score (nSPS) is 11.1. The van der Waals surface area contributed by atoms with Gasteiger partial charge in [-0.05, 0) is 62.0 Å². The van der Waals surface area contributed by atoms with Crippen LogP contribution in [0.15, 0.2) is 75.6 Å². The highest BCUT2D eigenvalue weighted by Gasteiger charge is 2.18. The molecule has 0 radical (unpaired) electrons. The van der Waals surface area contributed by atoms with E-state index in [4.69, 9.17) is 21.1 Å². The molecule has 2 heterocycles. The molecule has 0 spiro atoms. The van der Waals surface area contributed by atoms with Gasteiger partial charge in [-0.25, -0.2) is 4.98 Å². The molecule has 2 N–H and O–H groups in total. The summed E-state index contributed by atoms with van der Waals surface area (Å²) in [6.45, 7) is 3.86. The minimum absolute atomic E-state index is 0.164. The number of aryl methyl sites for hydroxylation is 2. The van der Waals surface area contributed by atoms with Gasteiger partial charge in [-0.1, -0.05) is 36.4 Å². The Kier molecular flexibility index (Phi) is 4.95. The lowest BCUT2D eigenvalue weighted by atomic mass is 10.1. The maximum absolute atomic E-state index is 12.7. The van der Waals surface area contributed by atoms with Crippen LogP contribution in [0.5, 0.6) is 0 Å². The average molecular weight is 442 g/mol. The lowest BCUT2D eigenvalue weighted by molar-refractivity contribution is 0.0952. The van der Waals surface area contributed by atoms with Gasteiger partial charge in [0.1, 0.15) is 11.1 Å². The van der Waals surface area contributed by atoms with Crippen LogP contribution in [-0.2, 0) is 0 Å². The minimum atomic E-state index is -0.402. The number of benzene rings is 3. The van der Waals surface area contributed by atoms with Crippen molar-refractivity contribution in [1.29, 1.82) is 0 Å². The van der Waals surface area contributed by atoms with E-state index in [-0.39, 0.29) is 10.9 Å². The number of hydrogen-bond donors (Lipinski definition) is 2.